The highest BCUT2D eigenvalue weighted by Crippen LogP contribution is 2.09. The van der Waals surface area contributed by atoms with E-state index in [9.17, 15) is 4.79 Å². The van der Waals surface area contributed by atoms with Crippen molar-refractivity contribution in [3.05, 3.63) is 39.9 Å². The third kappa shape index (κ3) is 2.69. The number of nitrogens with zero attached hydrogens (tertiary/aromatic N) is 1. The Morgan fingerprint density at radius 2 is 2.29 bits per heavy atom. The van der Waals surface area contributed by atoms with Gasteiger partial charge in [-0.15, -0.1) is 0 Å². The lowest BCUT2D eigenvalue weighted by Gasteiger charge is -1.98. The molecule has 1 aromatic carbocycles. The first-order valence-corrected chi connectivity index (χ1v) is 5.94. The van der Waals surface area contributed by atoms with Crippen molar-refractivity contribution in [2.75, 3.05) is 5.75 Å². The van der Waals surface area contributed by atoms with Crippen LogP contribution in [0.3, 0.4) is 0 Å². The average Bonchev–Trinajstić information content (AvgIpc) is 2.30. The number of benzene rings is 1. The Hall–Kier alpha value is -1.73. The first-order chi connectivity index (χ1) is 8.20. The topological polar surface area (TPSA) is 45.8 Å². The van der Waals surface area contributed by atoms with E-state index in [1.807, 2.05) is 12.1 Å². The molecule has 86 valence electrons. The molecule has 2 rings (SSSR count). The highest BCUT2D eigenvalue weighted by atomic mass is 32.1. The average molecular weight is 244 g/mol. The van der Waals surface area contributed by atoms with Crippen molar-refractivity contribution in [3.8, 4) is 11.8 Å². The second kappa shape index (κ2) is 5.07. The van der Waals surface area contributed by atoms with Crippen LogP contribution in [-0.4, -0.2) is 15.7 Å². The maximum absolute atomic E-state index is 11.7. The van der Waals surface area contributed by atoms with Crippen LogP contribution in [0.2, 0.25) is 0 Å². The van der Waals surface area contributed by atoms with E-state index >= 15 is 0 Å². The van der Waals surface area contributed by atoms with Crippen LogP contribution in [-0.2, 0) is 0 Å². The molecule has 0 fully saturated rings. The molecule has 0 unspecified atom stereocenters. The summed E-state index contributed by atoms with van der Waals surface area (Å²) in [5.41, 5.74) is 1.41. The van der Waals surface area contributed by atoms with Gasteiger partial charge in [-0.05, 0) is 25.1 Å². The van der Waals surface area contributed by atoms with Crippen molar-refractivity contribution < 1.29 is 0 Å². The van der Waals surface area contributed by atoms with Crippen LogP contribution in [0.1, 0.15) is 17.8 Å². The summed E-state index contributed by atoms with van der Waals surface area (Å²) < 4.78 is 0. The van der Waals surface area contributed by atoms with Gasteiger partial charge in [-0.3, -0.25) is 4.79 Å². The van der Waals surface area contributed by atoms with Gasteiger partial charge in [0.25, 0.3) is 5.56 Å². The Morgan fingerprint density at radius 3 is 3.06 bits per heavy atom. The number of hydrogen-bond donors (Lipinski definition) is 2. The van der Waals surface area contributed by atoms with Crippen LogP contribution < -0.4 is 5.56 Å². The molecule has 1 heterocycles. The molecule has 2 aromatic rings. The lowest BCUT2D eigenvalue weighted by atomic mass is 10.1. The van der Waals surface area contributed by atoms with E-state index in [-0.39, 0.29) is 5.56 Å². The molecule has 0 saturated carbocycles. The van der Waals surface area contributed by atoms with E-state index in [2.05, 4.69) is 34.4 Å². The summed E-state index contributed by atoms with van der Waals surface area (Å²) in [5, 5.41) is 0.577. The summed E-state index contributed by atoms with van der Waals surface area (Å²) in [6.07, 6.45) is 0.740. The van der Waals surface area contributed by atoms with Gasteiger partial charge in [-0.2, -0.15) is 12.6 Å². The lowest BCUT2D eigenvalue weighted by Crippen LogP contribution is -2.09. The normalized spacial score (nSPS) is 10.0. The van der Waals surface area contributed by atoms with E-state index in [1.54, 1.807) is 13.0 Å². The minimum atomic E-state index is -0.120. The van der Waals surface area contributed by atoms with Gasteiger partial charge in [-0.1, -0.05) is 11.8 Å². The molecule has 0 spiro atoms. The molecule has 4 heteroatoms. The molecule has 3 nitrogen and oxygen atoms in total. The second-order valence-corrected chi connectivity index (χ2v) is 4.11. The fourth-order valence-corrected chi connectivity index (χ4v) is 1.67. The molecule has 0 amide bonds. The van der Waals surface area contributed by atoms with E-state index in [0.717, 1.165) is 17.7 Å². The number of aromatic nitrogens is 2. The van der Waals surface area contributed by atoms with Gasteiger partial charge in [0, 0.05) is 17.7 Å². The van der Waals surface area contributed by atoms with Crippen LogP contribution in [0.4, 0.5) is 0 Å². The first-order valence-electron chi connectivity index (χ1n) is 5.31. The lowest BCUT2D eigenvalue weighted by molar-refractivity contribution is 1.06. The monoisotopic (exact) mass is 244 g/mol. The molecule has 0 atom stereocenters. The van der Waals surface area contributed by atoms with Gasteiger partial charge >= 0.3 is 0 Å². The van der Waals surface area contributed by atoms with Crippen molar-refractivity contribution in [1.82, 2.24) is 9.97 Å². The number of thiol groups is 1. The quantitative estimate of drug-likeness (QED) is 0.594. The minimum Gasteiger partial charge on any atom is -0.310 e. The summed E-state index contributed by atoms with van der Waals surface area (Å²) >= 11 is 4.09. The van der Waals surface area contributed by atoms with E-state index in [4.69, 9.17) is 0 Å². The standard InChI is InChI=1S/C13H12N2OS/c1-9-14-12-6-5-10(4-2-3-7-17)8-11(12)13(16)15-9/h5-6,8,17H,3,7H2,1H3,(H,14,15,16). The maximum Gasteiger partial charge on any atom is 0.258 e. The second-order valence-electron chi connectivity index (χ2n) is 3.66. The van der Waals surface area contributed by atoms with E-state index < -0.39 is 0 Å². The molecular formula is C13H12N2OS. The number of H-pyrrole nitrogens is 1. The zero-order chi connectivity index (χ0) is 12.3. The summed E-state index contributed by atoms with van der Waals surface area (Å²) in [6.45, 7) is 1.77. The SMILES string of the molecule is Cc1nc2ccc(C#CCCS)cc2c(=O)[nH]1. The summed E-state index contributed by atoms with van der Waals surface area (Å²) in [5.74, 6) is 7.35. The molecule has 17 heavy (non-hydrogen) atoms. The third-order valence-corrected chi connectivity index (χ3v) is 2.52. The van der Waals surface area contributed by atoms with Gasteiger partial charge in [0.05, 0.1) is 10.9 Å². The fraction of sp³-hybridized carbons (Fsp3) is 0.231. The predicted molar refractivity (Wildman–Crippen MR) is 72.4 cm³/mol. The first kappa shape index (κ1) is 11.7. The van der Waals surface area contributed by atoms with E-state index in [0.29, 0.717) is 16.7 Å². The molecule has 0 saturated heterocycles. The van der Waals surface area contributed by atoms with Crippen LogP contribution in [0.25, 0.3) is 10.9 Å². The number of aromatic amines is 1. The van der Waals surface area contributed by atoms with E-state index in [1.165, 1.54) is 0 Å². The minimum absolute atomic E-state index is 0.120. The van der Waals surface area contributed by atoms with Gasteiger partial charge in [0.2, 0.25) is 0 Å². The number of aryl methyl sites for hydroxylation is 1. The van der Waals surface area contributed by atoms with Gasteiger partial charge in [0.15, 0.2) is 0 Å². The van der Waals surface area contributed by atoms with Crippen LogP contribution in [0, 0.1) is 18.8 Å². The maximum atomic E-state index is 11.7. The highest BCUT2D eigenvalue weighted by Gasteiger charge is 2.01. The molecule has 0 aliphatic carbocycles. The molecule has 0 bridgehead atoms. The van der Waals surface area contributed by atoms with Gasteiger partial charge in [-0.25, -0.2) is 4.98 Å². The molecule has 0 aliphatic rings. The number of fused-ring (bicyclic) bond motifs is 1. The van der Waals surface area contributed by atoms with Crippen molar-refractivity contribution in [1.29, 1.82) is 0 Å². The Labute approximate surface area is 105 Å². The highest BCUT2D eigenvalue weighted by molar-refractivity contribution is 7.80. The fourth-order valence-electron chi connectivity index (χ4n) is 1.55. The molecule has 1 aromatic heterocycles. The molecule has 1 N–H and O–H groups in total. The number of rotatable bonds is 1. The van der Waals surface area contributed by atoms with Crippen molar-refractivity contribution >= 4 is 23.5 Å². The largest absolute Gasteiger partial charge is 0.310 e. The van der Waals surface area contributed by atoms with Crippen LogP contribution >= 0.6 is 12.6 Å². The molecule has 0 radical (unpaired) electrons. The van der Waals surface area contributed by atoms with Crippen LogP contribution in [0.5, 0.6) is 0 Å². The Morgan fingerprint density at radius 1 is 1.47 bits per heavy atom. The van der Waals surface area contributed by atoms with Crippen molar-refractivity contribution in [2.24, 2.45) is 0 Å². The number of hydrogen-bond acceptors (Lipinski definition) is 3. The Bertz CT molecular complexity index is 664. The predicted octanol–water partition coefficient (Wildman–Crippen LogP) is 1.90. The summed E-state index contributed by atoms with van der Waals surface area (Å²) in [4.78, 5) is 18.7. The molecular weight excluding hydrogens is 232 g/mol. The van der Waals surface area contributed by atoms with Crippen molar-refractivity contribution in [2.45, 2.75) is 13.3 Å². The number of nitrogens with one attached hydrogen (secondary N) is 1. The smallest absolute Gasteiger partial charge is 0.258 e. The van der Waals surface area contributed by atoms with Gasteiger partial charge in [0.1, 0.15) is 5.82 Å². The van der Waals surface area contributed by atoms with Gasteiger partial charge < -0.3 is 4.98 Å². The van der Waals surface area contributed by atoms with Crippen LogP contribution in [0.15, 0.2) is 23.0 Å². The Kier molecular flexibility index (Phi) is 3.50. The zero-order valence-electron chi connectivity index (χ0n) is 9.45. The summed E-state index contributed by atoms with van der Waals surface area (Å²) in [7, 11) is 0. The summed E-state index contributed by atoms with van der Waals surface area (Å²) in [6, 6.07) is 5.47. The molecule has 0 aliphatic heterocycles. The Balaban J connectivity index is 2.52. The zero-order valence-corrected chi connectivity index (χ0v) is 10.3. The third-order valence-electron chi connectivity index (χ3n) is 2.29. The van der Waals surface area contributed by atoms with Crippen molar-refractivity contribution in [3.63, 3.8) is 0 Å².